The van der Waals surface area contributed by atoms with Gasteiger partial charge in [0.1, 0.15) is 5.75 Å². The van der Waals surface area contributed by atoms with Gasteiger partial charge in [0.25, 0.3) is 0 Å². The van der Waals surface area contributed by atoms with Gasteiger partial charge in [0.15, 0.2) is 0 Å². The van der Waals surface area contributed by atoms with Gasteiger partial charge >= 0.3 is 0 Å². The lowest BCUT2D eigenvalue weighted by Gasteiger charge is -2.27. The Kier molecular flexibility index (Phi) is 5.64. The molecule has 1 aliphatic rings. The number of nitrogens with zero attached hydrogens (tertiary/aromatic N) is 1. The minimum atomic E-state index is 0.413. The van der Waals surface area contributed by atoms with Gasteiger partial charge in [0, 0.05) is 12.2 Å². The second-order valence-corrected chi connectivity index (χ2v) is 5.51. The smallest absolute Gasteiger partial charge is 0.137 e. The summed E-state index contributed by atoms with van der Waals surface area (Å²) in [5.74, 6) is 1.72. The topological polar surface area (TPSA) is 34.2 Å². The summed E-state index contributed by atoms with van der Waals surface area (Å²) in [5, 5.41) is 3.60. The fourth-order valence-electron chi connectivity index (χ4n) is 3.08. The van der Waals surface area contributed by atoms with Gasteiger partial charge in [-0.05, 0) is 30.5 Å². The Balaban J connectivity index is 2.04. The van der Waals surface area contributed by atoms with E-state index in [0.29, 0.717) is 6.04 Å². The van der Waals surface area contributed by atoms with Crippen molar-refractivity contribution in [2.45, 2.75) is 51.5 Å². The lowest BCUT2D eigenvalue weighted by Crippen LogP contribution is -2.24. The van der Waals surface area contributed by atoms with Crippen LogP contribution >= 0.6 is 0 Å². The number of rotatable bonds is 6. The third kappa shape index (κ3) is 4.20. The van der Waals surface area contributed by atoms with Gasteiger partial charge in [0.2, 0.25) is 0 Å². The fraction of sp³-hybridized carbons (Fsp3) is 0.688. The van der Waals surface area contributed by atoms with Crippen LogP contribution in [0.3, 0.4) is 0 Å². The molecule has 106 valence electrons. The average Bonchev–Trinajstić information content (AvgIpc) is 2.48. The standard InChI is InChI=1S/C16H26N2O/c1-3-18-16(9-13-7-5-4-6-8-13)14-10-15(19-2)12-17-11-14/h10-13,16,18H,3-9H2,1-2H3. The van der Waals surface area contributed by atoms with E-state index in [1.807, 2.05) is 6.20 Å². The van der Waals surface area contributed by atoms with E-state index < -0.39 is 0 Å². The summed E-state index contributed by atoms with van der Waals surface area (Å²) in [6.45, 7) is 3.16. The van der Waals surface area contributed by atoms with Crippen LogP contribution in [-0.4, -0.2) is 18.6 Å². The van der Waals surface area contributed by atoms with E-state index in [4.69, 9.17) is 4.74 Å². The molecule has 3 heteroatoms. The lowest BCUT2D eigenvalue weighted by molar-refractivity contribution is 0.301. The Morgan fingerprint density at radius 1 is 1.32 bits per heavy atom. The molecule has 2 rings (SSSR count). The number of methoxy groups -OCH3 is 1. The zero-order valence-electron chi connectivity index (χ0n) is 12.2. The molecule has 1 N–H and O–H groups in total. The van der Waals surface area contributed by atoms with Crippen LogP contribution in [0.5, 0.6) is 5.75 Å². The van der Waals surface area contributed by atoms with E-state index >= 15 is 0 Å². The van der Waals surface area contributed by atoms with Gasteiger partial charge in [-0.25, -0.2) is 0 Å². The number of hydrogen-bond donors (Lipinski definition) is 1. The number of pyridine rings is 1. The lowest BCUT2D eigenvalue weighted by atomic mass is 9.83. The predicted octanol–water partition coefficient (Wildman–Crippen LogP) is 3.71. The van der Waals surface area contributed by atoms with Gasteiger partial charge in [-0.3, -0.25) is 4.98 Å². The van der Waals surface area contributed by atoms with Crippen molar-refractivity contribution >= 4 is 0 Å². The minimum absolute atomic E-state index is 0.413. The predicted molar refractivity (Wildman–Crippen MR) is 78.4 cm³/mol. The largest absolute Gasteiger partial charge is 0.495 e. The van der Waals surface area contributed by atoms with Crippen LogP contribution in [0.2, 0.25) is 0 Å². The summed E-state index contributed by atoms with van der Waals surface area (Å²) in [7, 11) is 1.70. The Hall–Kier alpha value is -1.09. The van der Waals surface area contributed by atoms with Crippen LogP contribution in [0.25, 0.3) is 0 Å². The molecule has 0 bridgehead atoms. The molecule has 1 aromatic heterocycles. The first-order chi connectivity index (χ1) is 9.33. The molecule has 0 amide bonds. The number of nitrogens with one attached hydrogen (secondary N) is 1. The van der Waals surface area contributed by atoms with Crippen molar-refractivity contribution in [3.05, 3.63) is 24.0 Å². The average molecular weight is 262 g/mol. The maximum absolute atomic E-state index is 5.28. The molecule has 0 saturated heterocycles. The normalized spacial score (nSPS) is 18.2. The van der Waals surface area contributed by atoms with Crippen molar-refractivity contribution in [3.63, 3.8) is 0 Å². The molecule has 1 fully saturated rings. The van der Waals surface area contributed by atoms with Crippen LogP contribution in [0.15, 0.2) is 18.5 Å². The molecule has 0 radical (unpaired) electrons. The zero-order valence-corrected chi connectivity index (χ0v) is 12.2. The Labute approximate surface area is 116 Å². The second kappa shape index (κ2) is 7.49. The maximum Gasteiger partial charge on any atom is 0.137 e. The van der Waals surface area contributed by atoms with Gasteiger partial charge < -0.3 is 10.1 Å². The highest BCUT2D eigenvalue weighted by molar-refractivity contribution is 5.26. The van der Waals surface area contributed by atoms with Crippen molar-refractivity contribution in [1.82, 2.24) is 10.3 Å². The molecule has 0 aliphatic heterocycles. The van der Waals surface area contributed by atoms with E-state index in [1.165, 1.54) is 44.1 Å². The third-order valence-electron chi connectivity index (χ3n) is 4.12. The van der Waals surface area contributed by atoms with Crippen molar-refractivity contribution in [2.75, 3.05) is 13.7 Å². The summed E-state index contributed by atoms with van der Waals surface area (Å²) >= 11 is 0. The van der Waals surface area contributed by atoms with Crippen LogP contribution in [-0.2, 0) is 0 Å². The van der Waals surface area contributed by atoms with Gasteiger partial charge in [-0.1, -0.05) is 39.0 Å². The van der Waals surface area contributed by atoms with E-state index in [2.05, 4.69) is 23.3 Å². The first kappa shape index (κ1) is 14.3. The van der Waals surface area contributed by atoms with E-state index in [0.717, 1.165) is 18.2 Å². The van der Waals surface area contributed by atoms with Gasteiger partial charge in [-0.2, -0.15) is 0 Å². The van der Waals surface area contributed by atoms with E-state index in [9.17, 15) is 0 Å². The minimum Gasteiger partial charge on any atom is -0.495 e. The molecule has 1 aliphatic carbocycles. The Morgan fingerprint density at radius 3 is 2.79 bits per heavy atom. The first-order valence-corrected chi connectivity index (χ1v) is 7.55. The molecule has 1 saturated carbocycles. The second-order valence-electron chi connectivity index (χ2n) is 5.51. The first-order valence-electron chi connectivity index (χ1n) is 7.55. The fourth-order valence-corrected chi connectivity index (χ4v) is 3.08. The third-order valence-corrected chi connectivity index (χ3v) is 4.12. The molecular formula is C16H26N2O. The SMILES string of the molecule is CCNC(CC1CCCCC1)c1cncc(OC)c1. The highest BCUT2D eigenvalue weighted by Gasteiger charge is 2.20. The van der Waals surface area contributed by atoms with Crippen molar-refractivity contribution in [3.8, 4) is 5.75 Å². The number of aromatic nitrogens is 1. The molecule has 3 nitrogen and oxygen atoms in total. The molecule has 1 heterocycles. The summed E-state index contributed by atoms with van der Waals surface area (Å²) in [6, 6.07) is 2.53. The van der Waals surface area contributed by atoms with E-state index in [-0.39, 0.29) is 0 Å². The summed E-state index contributed by atoms with van der Waals surface area (Å²) in [5.41, 5.74) is 1.26. The van der Waals surface area contributed by atoms with Crippen molar-refractivity contribution in [2.24, 2.45) is 5.92 Å². The summed E-state index contributed by atoms with van der Waals surface area (Å²) < 4.78 is 5.28. The van der Waals surface area contributed by atoms with Crippen LogP contribution in [0.4, 0.5) is 0 Å². The molecule has 19 heavy (non-hydrogen) atoms. The van der Waals surface area contributed by atoms with Gasteiger partial charge in [-0.15, -0.1) is 0 Å². The quantitative estimate of drug-likeness (QED) is 0.848. The maximum atomic E-state index is 5.28. The van der Waals surface area contributed by atoms with Crippen LogP contribution in [0, 0.1) is 5.92 Å². The van der Waals surface area contributed by atoms with E-state index in [1.54, 1.807) is 13.3 Å². The highest BCUT2D eigenvalue weighted by Crippen LogP contribution is 2.32. The van der Waals surface area contributed by atoms with Crippen LogP contribution < -0.4 is 10.1 Å². The molecular weight excluding hydrogens is 236 g/mol. The Bertz CT molecular complexity index is 375. The monoisotopic (exact) mass is 262 g/mol. The molecule has 0 spiro atoms. The highest BCUT2D eigenvalue weighted by atomic mass is 16.5. The zero-order chi connectivity index (χ0) is 13.5. The van der Waals surface area contributed by atoms with Crippen LogP contribution in [0.1, 0.15) is 57.1 Å². The molecule has 1 atom stereocenters. The van der Waals surface area contributed by atoms with Crippen molar-refractivity contribution in [1.29, 1.82) is 0 Å². The number of hydrogen-bond acceptors (Lipinski definition) is 3. The molecule has 0 aromatic carbocycles. The molecule has 1 unspecified atom stereocenters. The number of ether oxygens (including phenoxy) is 1. The summed E-state index contributed by atoms with van der Waals surface area (Å²) in [6.07, 6.45) is 12.0. The Morgan fingerprint density at radius 2 is 2.11 bits per heavy atom. The summed E-state index contributed by atoms with van der Waals surface area (Å²) in [4.78, 5) is 4.29. The molecule has 1 aromatic rings. The van der Waals surface area contributed by atoms with Crippen molar-refractivity contribution < 1.29 is 4.74 Å². The van der Waals surface area contributed by atoms with Gasteiger partial charge in [0.05, 0.1) is 13.3 Å².